The third kappa shape index (κ3) is 4.58. The van der Waals surface area contributed by atoms with E-state index >= 15 is 0 Å². The first kappa shape index (κ1) is 17.1. The molecule has 1 saturated heterocycles. The highest BCUT2D eigenvalue weighted by Crippen LogP contribution is 2.22. The van der Waals surface area contributed by atoms with Crippen LogP contribution in [-0.2, 0) is 4.74 Å². The van der Waals surface area contributed by atoms with E-state index in [4.69, 9.17) is 10.5 Å². The van der Waals surface area contributed by atoms with Gasteiger partial charge in [-0.3, -0.25) is 0 Å². The van der Waals surface area contributed by atoms with E-state index in [-0.39, 0.29) is 12.1 Å². The van der Waals surface area contributed by atoms with Crippen LogP contribution in [0, 0.1) is 0 Å². The summed E-state index contributed by atoms with van der Waals surface area (Å²) in [5.74, 6) is 1.03. The number of hydrogen-bond acceptors (Lipinski definition) is 6. The molecule has 1 aromatic rings. The molecule has 0 aromatic carbocycles. The molecule has 0 bridgehead atoms. The highest BCUT2D eigenvalue weighted by molar-refractivity contribution is 5.71. The Balaban J connectivity index is 2.03. The summed E-state index contributed by atoms with van der Waals surface area (Å²) in [6, 6.07) is 0.0873. The van der Waals surface area contributed by atoms with Crippen molar-refractivity contribution in [2.24, 2.45) is 0 Å². The number of piperidine rings is 1. The summed E-state index contributed by atoms with van der Waals surface area (Å²) < 4.78 is 5.44. The second kappa shape index (κ2) is 6.85. The number of carbonyl (C=O) groups excluding carboxylic acids is 1. The fourth-order valence-corrected chi connectivity index (χ4v) is 2.51. The van der Waals surface area contributed by atoms with Gasteiger partial charge >= 0.3 is 6.09 Å². The Bertz CT molecular complexity index is 582. The molecule has 7 heteroatoms. The van der Waals surface area contributed by atoms with Gasteiger partial charge in [0.1, 0.15) is 23.6 Å². The summed E-state index contributed by atoms with van der Waals surface area (Å²) in [6.45, 7) is 10.6. The first-order valence-electron chi connectivity index (χ1n) is 7.77. The van der Waals surface area contributed by atoms with Crippen LogP contribution in [0.2, 0.25) is 0 Å². The number of anilines is 2. The largest absolute Gasteiger partial charge is 0.444 e. The highest BCUT2D eigenvalue weighted by Gasteiger charge is 2.28. The predicted octanol–water partition coefficient (Wildman–Crippen LogP) is 2.51. The van der Waals surface area contributed by atoms with E-state index in [0.717, 1.165) is 12.8 Å². The first-order chi connectivity index (χ1) is 10.8. The van der Waals surface area contributed by atoms with Crippen LogP contribution in [0.3, 0.4) is 0 Å². The van der Waals surface area contributed by atoms with Crippen LogP contribution in [0.4, 0.5) is 16.4 Å². The zero-order valence-corrected chi connectivity index (χ0v) is 14.0. The number of nitrogens with one attached hydrogen (secondary N) is 1. The fraction of sp³-hybridized carbons (Fsp3) is 0.562. The van der Waals surface area contributed by atoms with E-state index in [9.17, 15) is 4.79 Å². The first-order valence-corrected chi connectivity index (χ1v) is 7.77. The van der Waals surface area contributed by atoms with E-state index in [1.165, 1.54) is 6.33 Å². The zero-order chi connectivity index (χ0) is 17.0. The zero-order valence-electron chi connectivity index (χ0n) is 14.0. The van der Waals surface area contributed by atoms with Gasteiger partial charge in [0.05, 0.1) is 5.56 Å². The molecule has 1 aliphatic heterocycles. The summed E-state index contributed by atoms with van der Waals surface area (Å²) in [6.07, 6.45) is 4.61. The standard InChI is InChI=1S/C16H25N5O2/c1-5-12-13(17)18-10-19-14(12)20-11-7-6-8-21(9-11)15(22)23-16(2,3)4/h5,10-11H,1,6-9H2,2-4H3,(H3,17,18,19,20)/t11-/m1/s1. The number of carbonyl (C=O) groups is 1. The monoisotopic (exact) mass is 319 g/mol. The SMILES string of the molecule is C=Cc1c(N)ncnc1N[C@@H]1CCCN(C(=O)OC(C)(C)C)C1. The lowest BCUT2D eigenvalue weighted by Crippen LogP contribution is -2.47. The summed E-state index contributed by atoms with van der Waals surface area (Å²) >= 11 is 0. The molecule has 0 saturated carbocycles. The Morgan fingerprint density at radius 1 is 1.52 bits per heavy atom. The number of nitrogens with zero attached hydrogens (tertiary/aromatic N) is 3. The molecule has 1 fully saturated rings. The van der Waals surface area contributed by atoms with Crippen molar-refractivity contribution in [3.05, 3.63) is 18.5 Å². The van der Waals surface area contributed by atoms with Gasteiger partial charge in [0.2, 0.25) is 0 Å². The van der Waals surface area contributed by atoms with Gasteiger partial charge in [0.15, 0.2) is 0 Å². The van der Waals surface area contributed by atoms with Gasteiger partial charge in [-0.05, 0) is 33.6 Å². The van der Waals surface area contributed by atoms with Crippen molar-refractivity contribution in [1.29, 1.82) is 0 Å². The number of aromatic nitrogens is 2. The van der Waals surface area contributed by atoms with Crippen molar-refractivity contribution in [3.8, 4) is 0 Å². The number of ether oxygens (including phenoxy) is 1. The molecule has 0 spiro atoms. The Morgan fingerprint density at radius 3 is 2.91 bits per heavy atom. The van der Waals surface area contributed by atoms with Gasteiger partial charge in [0.25, 0.3) is 0 Å². The average Bonchev–Trinajstić information content (AvgIpc) is 2.46. The van der Waals surface area contributed by atoms with Gasteiger partial charge in [-0.15, -0.1) is 0 Å². The molecule has 1 atom stereocenters. The van der Waals surface area contributed by atoms with Crippen LogP contribution in [0.25, 0.3) is 6.08 Å². The number of likely N-dealkylation sites (tertiary alicyclic amines) is 1. The molecule has 126 valence electrons. The number of hydrogen-bond donors (Lipinski definition) is 2. The molecule has 1 aromatic heterocycles. The lowest BCUT2D eigenvalue weighted by molar-refractivity contribution is 0.0206. The molecule has 1 amide bonds. The van der Waals surface area contributed by atoms with Gasteiger partial charge < -0.3 is 20.7 Å². The summed E-state index contributed by atoms with van der Waals surface area (Å²) in [7, 11) is 0. The van der Waals surface area contributed by atoms with E-state index in [1.54, 1.807) is 11.0 Å². The van der Waals surface area contributed by atoms with Gasteiger partial charge in [-0.1, -0.05) is 12.7 Å². The Morgan fingerprint density at radius 2 is 2.26 bits per heavy atom. The minimum Gasteiger partial charge on any atom is -0.444 e. The van der Waals surface area contributed by atoms with Crippen molar-refractivity contribution in [2.45, 2.75) is 45.3 Å². The van der Waals surface area contributed by atoms with E-state index in [1.807, 2.05) is 20.8 Å². The Kier molecular flexibility index (Phi) is 5.08. The summed E-state index contributed by atoms with van der Waals surface area (Å²) in [5.41, 5.74) is 6.03. The van der Waals surface area contributed by atoms with Crippen molar-refractivity contribution in [1.82, 2.24) is 14.9 Å². The normalized spacial score (nSPS) is 18.4. The van der Waals surface area contributed by atoms with Crippen LogP contribution in [-0.4, -0.2) is 45.7 Å². The fourth-order valence-electron chi connectivity index (χ4n) is 2.51. The van der Waals surface area contributed by atoms with Crippen molar-refractivity contribution in [3.63, 3.8) is 0 Å². The van der Waals surface area contributed by atoms with Crippen LogP contribution < -0.4 is 11.1 Å². The number of nitrogen functional groups attached to an aromatic ring is 1. The Hall–Kier alpha value is -2.31. The van der Waals surface area contributed by atoms with E-state index < -0.39 is 5.60 Å². The van der Waals surface area contributed by atoms with Gasteiger partial charge in [-0.25, -0.2) is 14.8 Å². The number of amides is 1. The van der Waals surface area contributed by atoms with Crippen LogP contribution in [0.15, 0.2) is 12.9 Å². The molecular weight excluding hydrogens is 294 g/mol. The maximum atomic E-state index is 12.2. The smallest absolute Gasteiger partial charge is 0.410 e. The molecule has 2 rings (SSSR count). The number of rotatable bonds is 3. The highest BCUT2D eigenvalue weighted by atomic mass is 16.6. The molecule has 23 heavy (non-hydrogen) atoms. The minimum absolute atomic E-state index is 0.0873. The van der Waals surface area contributed by atoms with E-state index in [0.29, 0.717) is 30.3 Å². The molecular formula is C16H25N5O2. The minimum atomic E-state index is -0.491. The summed E-state index contributed by atoms with van der Waals surface area (Å²) in [5, 5.41) is 3.34. The molecule has 2 heterocycles. The topological polar surface area (TPSA) is 93.4 Å². The maximum Gasteiger partial charge on any atom is 0.410 e. The molecule has 1 aliphatic rings. The maximum absolute atomic E-state index is 12.2. The van der Waals surface area contributed by atoms with Crippen molar-refractivity contribution < 1.29 is 9.53 Å². The molecule has 0 radical (unpaired) electrons. The van der Waals surface area contributed by atoms with Crippen molar-refractivity contribution in [2.75, 3.05) is 24.1 Å². The lowest BCUT2D eigenvalue weighted by Gasteiger charge is -2.34. The molecule has 0 aliphatic carbocycles. The second-order valence-electron chi connectivity index (χ2n) is 6.64. The second-order valence-corrected chi connectivity index (χ2v) is 6.64. The quantitative estimate of drug-likeness (QED) is 0.889. The third-order valence-electron chi connectivity index (χ3n) is 3.53. The Labute approximate surface area is 136 Å². The summed E-state index contributed by atoms with van der Waals surface area (Å²) in [4.78, 5) is 22.1. The lowest BCUT2D eigenvalue weighted by atomic mass is 10.1. The van der Waals surface area contributed by atoms with Gasteiger partial charge in [-0.2, -0.15) is 0 Å². The van der Waals surface area contributed by atoms with Crippen molar-refractivity contribution >= 4 is 23.8 Å². The van der Waals surface area contributed by atoms with E-state index in [2.05, 4.69) is 21.9 Å². The van der Waals surface area contributed by atoms with Crippen LogP contribution in [0.5, 0.6) is 0 Å². The van der Waals surface area contributed by atoms with Gasteiger partial charge in [0, 0.05) is 19.1 Å². The third-order valence-corrected chi connectivity index (χ3v) is 3.53. The molecule has 7 nitrogen and oxygen atoms in total. The predicted molar refractivity (Wildman–Crippen MR) is 91.0 cm³/mol. The van der Waals surface area contributed by atoms with Crippen LogP contribution >= 0.6 is 0 Å². The molecule has 0 unspecified atom stereocenters. The number of nitrogens with two attached hydrogens (primary N) is 1. The van der Waals surface area contributed by atoms with Crippen LogP contribution in [0.1, 0.15) is 39.2 Å². The molecule has 3 N–H and O–H groups in total. The average molecular weight is 319 g/mol.